The van der Waals surface area contributed by atoms with Crippen LogP contribution in [0.25, 0.3) is 104 Å². The fourth-order valence-corrected chi connectivity index (χ4v) is 8.67. The summed E-state index contributed by atoms with van der Waals surface area (Å²) < 4.78 is 2.43. The topological polar surface area (TPSA) is 17.8 Å². The molecule has 0 saturated carbocycles. The maximum atomic E-state index is 4.97. The number of aromatic nitrogens is 2. The van der Waals surface area contributed by atoms with Gasteiger partial charge in [-0.2, -0.15) is 0 Å². The van der Waals surface area contributed by atoms with Crippen molar-refractivity contribution < 1.29 is 0 Å². The van der Waals surface area contributed by atoms with E-state index in [1.807, 2.05) is 6.20 Å². The van der Waals surface area contributed by atoms with E-state index in [9.17, 15) is 0 Å². The van der Waals surface area contributed by atoms with Crippen molar-refractivity contribution in [1.29, 1.82) is 0 Å². The lowest BCUT2D eigenvalue weighted by atomic mass is 9.88. The number of pyridine rings is 1. The molecule has 2 nitrogen and oxygen atoms in total. The Kier molecular flexibility index (Phi) is 6.59. The van der Waals surface area contributed by atoms with Gasteiger partial charge in [0.15, 0.2) is 0 Å². The Morgan fingerprint density at radius 2 is 0.943 bits per heavy atom. The van der Waals surface area contributed by atoms with Crippen LogP contribution in [0, 0.1) is 0 Å². The molecule has 2 heterocycles. The summed E-state index contributed by atoms with van der Waals surface area (Å²) in [4.78, 5) is 4.97. The van der Waals surface area contributed by atoms with E-state index in [2.05, 4.69) is 193 Å². The summed E-state index contributed by atoms with van der Waals surface area (Å²) in [7, 11) is 0. The Bertz CT molecular complexity index is 3180. The lowest BCUT2D eigenvalue weighted by Gasteiger charge is -2.18. The first-order valence-corrected chi connectivity index (χ1v) is 18.2. The highest BCUT2D eigenvalue weighted by Gasteiger charge is 2.20. The zero-order valence-corrected chi connectivity index (χ0v) is 28.9. The summed E-state index contributed by atoms with van der Waals surface area (Å²) in [6.07, 6.45) is 1.93. The molecule has 0 atom stereocenters. The molecular formula is C51H32N2. The van der Waals surface area contributed by atoms with Crippen molar-refractivity contribution in [2.24, 2.45) is 0 Å². The number of rotatable bonds is 4. The van der Waals surface area contributed by atoms with Crippen LogP contribution in [0.2, 0.25) is 0 Å². The number of hydrogen-bond acceptors (Lipinski definition) is 1. The first-order chi connectivity index (χ1) is 26.3. The van der Waals surface area contributed by atoms with E-state index < -0.39 is 0 Å². The van der Waals surface area contributed by atoms with E-state index in [0.29, 0.717) is 0 Å². The van der Waals surface area contributed by atoms with E-state index in [0.717, 1.165) is 22.3 Å². The van der Waals surface area contributed by atoms with E-state index >= 15 is 0 Å². The van der Waals surface area contributed by atoms with Gasteiger partial charge < -0.3 is 4.57 Å². The van der Waals surface area contributed by atoms with Gasteiger partial charge in [-0.05, 0) is 90.8 Å². The average Bonchev–Trinajstić information content (AvgIpc) is 3.58. The normalized spacial score (nSPS) is 11.8. The molecule has 0 aliphatic carbocycles. The van der Waals surface area contributed by atoms with Crippen molar-refractivity contribution in [1.82, 2.24) is 9.55 Å². The van der Waals surface area contributed by atoms with Crippen molar-refractivity contribution in [3.05, 3.63) is 194 Å². The molecule has 0 fully saturated rings. The monoisotopic (exact) mass is 672 g/mol. The highest BCUT2D eigenvalue weighted by molar-refractivity contribution is 6.26. The van der Waals surface area contributed by atoms with Gasteiger partial charge in [0.05, 0.1) is 16.7 Å². The Morgan fingerprint density at radius 3 is 1.72 bits per heavy atom. The van der Waals surface area contributed by atoms with E-state index in [1.165, 1.54) is 81.8 Å². The fraction of sp³-hybridized carbons (Fsp3) is 0. The van der Waals surface area contributed by atoms with Gasteiger partial charge >= 0.3 is 0 Å². The van der Waals surface area contributed by atoms with Crippen molar-refractivity contribution in [2.45, 2.75) is 0 Å². The smallest absolute Gasteiger partial charge is 0.0780 e. The molecule has 0 N–H and O–H groups in total. The van der Waals surface area contributed by atoms with Gasteiger partial charge in [0.2, 0.25) is 0 Å². The molecule has 0 spiro atoms. The largest absolute Gasteiger partial charge is 0.309 e. The molecule has 9 aromatic carbocycles. The number of benzene rings is 9. The zero-order valence-electron chi connectivity index (χ0n) is 28.9. The van der Waals surface area contributed by atoms with Gasteiger partial charge in [-0.25, -0.2) is 0 Å². The van der Waals surface area contributed by atoms with Crippen molar-refractivity contribution in [2.75, 3.05) is 0 Å². The molecule has 2 heteroatoms. The van der Waals surface area contributed by atoms with Crippen LogP contribution in [0.4, 0.5) is 0 Å². The fourth-order valence-electron chi connectivity index (χ4n) is 8.67. The van der Waals surface area contributed by atoms with Crippen LogP contribution in [0.1, 0.15) is 0 Å². The van der Waals surface area contributed by atoms with Gasteiger partial charge in [-0.1, -0.05) is 152 Å². The summed E-state index contributed by atoms with van der Waals surface area (Å²) >= 11 is 0. The van der Waals surface area contributed by atoms with Crippen molar-refractivity contribution in [3.8, 4) is 39.2 Å². The minimum Gasteiger partial charge on any atom is -0.309 e. The Hall–Kier alpha value is -7.03. The first-order valence-electron chi connectivity index (χ1n) is 18.2. The highest BCUT2D eigenvalue weighted by atomic mass is 15.0. The molecule has 0 saturated heterocycles. The van der Waals surface area contributed by atoms with Crippen LogP contribution in [0.5, 0.6) is 0 Å². The van der Waals surface area contributed by atoms with Gasteiger partial charge in [-0.15, -0.1) is 0 Å². The molecule has 11 aromatic rings. The lowest BCUT2D eigenvalue weighted by molar-refractivity contribution is 1.18. The molecule has 2 aromatic heterocycles. The van der Waals surface area contributed by atoms with Gasteiger partial charge in [0.25, 0.3) is 0 Å². The maximum Gasteiger partial charge on any atom is 0.0780 e. The minimum atomic E-state index is 0.991. The van der Waals surface area contributed by atoms with Gasteiger partial charge in [-0.3, -0.25) is 4.98 Å². The molecule has 246 valence electrons. The van der Waals surface area contributed by atoms with Crippen LogP contribution in [-0.4, -0.2) is 9.55 Å². The molecule has 11 rings (SSSR count). The van der Waals surface area contributed by atoms with Crippen LogP contribution < -0.4 is 0 Å². The van der Waals surface area contributed by atoms with Gasteiger partial charge in [0, 0.05) is 39.2 Å². The Labute approximate surface area is 306 Å². The Balaban J connectivity index is 1.25. The second-order valence-corrected chi connectivity index (χ2v) is 13.9. The molecule has 53 heavy (non-hydrogen) atoms. The summed E-state index contributed by atoms with van der Waals surface area (Å²) in [5, 5.41) is 12.4. The molecule has 0 amide bonds. The Morgan fingerprint density at radius 1 is 0.340 bits per heavy atom. The van der Waals surface area contributed by atoms with Crippen molar-refractivity contribution >= 4 is 64.9 Å². The van der Waals surface area contributed by atoms with E-state index in [4.69, 9.17) is 4.98 Å². The summed E-state index contributed by atoms with van der Waals surface area (Å²) in [6, 6.07) is 68.5. The quantitative estimate of drug-likeness (QED) is 0.170. The second-order valence-electron chi connectivity index (χ2n) is 13.9. The SMILES string of the molecule is c1ccc(-n2c3ccccc3c3cccc(-c4ccc(-c5nccc6ccccc56)cc4-c4ccc5c6ccccc6c6ccccc6c5c4)c32)cc1. The van der Waals surface area contributed by atoms with Crippen LogP contribution in [0.15, 0.2) is 194 Å². The molecule has 0 aliphatic heterocycles. The first kappa shape index (κ1) is 29.7. The minimum absolute atomic E-state index is 0.991. The average molecular weight is 673 g/mol. The van der Waals surface area contributed by atoms with Crippen LogP contribution in [-0.2, 0) is 0 Å². The third-order valence-electron chi connectivity index (χ3n) is 11.0. The summed E-state index contributed by atoms with van der Waals surface area (Å²) in [5.41, 5.74) is 10.4. The predicted octanol–water partition coefficient (Wildman–Crippen LogP) is 13.8. The van der Waals surface area contributed by atoms with E-state index in [-0.39, 0.29) is 0 Å². The highest BCUT2D eigenvalue weighted by Crippen LogP contribution is 2.44. The number of nitrogens with zero attached hydrogens (tertiary/aromatic N) is 2. The number of hydrogen-bond donors (Lipinski definition) is 0. The molecular weight excluding hydrogens is 641 g/mol. The predicted molar refractivity (Wildman–Crippen MR) is 225 cm³/mol. The third kappa shape index (κ3) is 4.56. The second kappa shape index (κ2) is 11.8. The van der Waals surface area contributed by atoms with Crippen LogP contribution in [0.3, 0.4) is 0 Å². The number of para-hydroxylation sites is 3. The summed E-state index contributed by atoms with van der Waals surface area (Å²) in [6.45, 7) is 0. The lowest BCUT2D eigenvalue weighted by Crippen LogP contribution is -1.96. The molecule has 0 aliphatic rings. The third-order valence-corrected chi connectivity index (χ3v) is 11.0. The van der Waals surface area contributed by atoms with Gasteiger partial charge in [0.1, 0.15) is 0 Å². The molecule has 0 unspecified atom stereocenters. The zero-order chi connectivity index (χ0) is 34.9. The maximum absolute atomic E-state index is 4.97. The van der Waals surface area contributed by atoms with E-state index in [1.54, 1.807) is 0 Å². The standard InChI is InChI=1S/C51H32N2/c1-2-14-36(15-3-1)53-49-24-11-10-21-44(49)46-23-12-22-45(51(46)53)43-28-26-35(50-37-16-5-4-13-33(37)29-30-52-50)32-47(43)34-25-27-42-40-19-7-6-17-38(40)39-18-8-9-20-41(39)48(42)31-34/h1-32H. The number of fused-ring (bicyclic) bond motifs is 10. The summed E-state index contributed by atoms with van der Waals surface area (Å²) in [5.74, 6) is 0. The molecule has 0 radical (unpaired) electrons. The van der Waals surface area contributed by atoms with Crippen molar-refractivity contribution in [3.63, 3.8) is 0 Å². The molecule has 0 bridgehead atoms. The van der Waals surface area contributed by atoms with Crippen LogP contribution >= 0.6 is 0 Å².